The molecule has 0 bridgehead atoms. The van der Waals surface area contributed by atoms with Gasteiger partial charge in [-0.15, -0.1) is 11.3 Å². The minimum absolute atomic E-state index is 0.549. The number of rotatable bonds is 4. The molecular formula is C10H16N2O5S2. The molecule has 9 heteroatoms. The van der Waals surface area contributed by atoms with Crippen LogP contribution in [0.25, 0.3) is 0 Å². The van der Waals surface area contributed by atoms with E-state index in [-0.39, 0.29) is 0 Å². The Kier molecular flexibility index (Phi) is 3.96. The molecule has 0 radical (unpaired) electrons. The van der Waals surface area contributed by atoms with E-state index in [4.69, 9.17) is 9.47 Å². The first-order valence-electron chi connectivity index (χ1n) is 5.57. The van der Waals surface area contributed by atoms with Crippen LogP contribution in [0.1, 0.15) is 30.5 Å². The van der Waals surface area contributed by atoms with E-state index in [0.717, 1.165) is 17.7 Å². The van der Waals surface area contributed by atoms with Crippen LogP contribution < -0.4 is 4.72 Å². The second kappa shape index (κ2) is 5.08. The molecule has 0 spiro atoms. The molecule has 2 rings (SSSR count). The van der Waals surface area contributed by atoms with E-state index in [9.17, 15) is 8.42 Å². The Morgan fingerprint density at radius 2 is 2.16 bits per heavy atom. The van der Waals surface area contributed by atoms with Crippen molar-refractivity contribution in [2.24, 2.45) is 0 Å². The molecule has 1 aliphatic rings. The van der Waals surface area contributed by atoms with Gasteiger partial charge in [-0.3, -0.25) is 4.18 Å². The number of aryl methyl sites for hydroxylation is 1. The highest BCUT2D eigenvalue weighted by molar-refractivity contribution is 7.84. The minimum atomic E-state index is -3.86. The lowest BCUT2D eigenvalue weighted by Crippen LogP contribution is -2.39. The van der Waals surface area contributed by atoms with E-state index < -0.39 is 28.4 Å². The molecule has 19 heavy (non-hydrogen) atoms. The third kappa shape index (κ3) is 3.30. The monoisotopic (exact) mass is 308 g/mol. The van der Waals surface area contributed by atoms with E-state index >= 15 is 0 Å². The van der Waals surface area contributed by atoms with Crippen molar-refractivity contribution in [2.45, 2.75) is 38.9 Å². The van der Waals surface area contributed by atoms with Crippen LogP contribution in [0.15, 0.2) is 5.51 Å². The van der Waals surface area contributed by atoms with Gasteiger partial charge in [0.15, 0.2) is 12.0 Å². The second-order valence-corrected chi connectivity index (χ2v) is 6.88. The number of nitrogens with one attached hydrogen (secondary N) is 1. The fourth-order valence-corrected chi connectivity index (χ4v) is 3.22. The average Bonchev–Trinajstić information content (AvgIpc) is 2.81. The Morgan fingerprint density at radius 1 is 1.47 bits per heavy atom. The normalized spacial score (nSPS) is 26.7. The Morgan fingerprint density at radius 3 is 2.68 bits per heavy atom. The van der Waals surface area contributed by atoms with E-state index in [1.165, 1.54) is 11.3 Å². The SMILES string of the molecule is COS(=O)(=O)NC1OC(C)(C)OC1c1scnc1C. The molecule has 0 saturated carbocycles. The van der Waals surface area contributed by atoms with E-state index in [2.05, 4.69) is 13.9 Å². The molecular weight excluding hydrogens is 292 g/mol. The summed E-state index contributed by atoms with van der Waals surface area (Å²) in [5.74, 6) is -0.887. The Labute approximate surface area is 116 Å². The summed E-state index contributed by atoms with van der Waals surface area (Å²) >= 11 is 1.39. The number of ether oxygens (including phenoxy) is 2. The van der Waals surface area contributed by atoms with Crippen molar-refractivity contribution in [3.63, 3.8) is 0 Å². The molecule has 0 aliphatic carbocycles. The molecule has 1 aromatic rings. The summed E-state index contributed by atoms with van der Waals surface area (Å²) in [4.78, 5) is 4.96. The second-order valence-electron chi connectivity index (χ2n) is 4.52. The highest BCUT2D eigenvalue weighted by atomic mass is 32.2. The van der Waals surface area contributed by atoms with Gasteiger partial charge in [-0.1, -0.05) is 0 Å². The standard InChI is InChI=1S/C10H16N2O5S2/c1-6-8(18-5-11-6)7-9(12-19(13,14)15-4)17-10(2,3)16-7/h5,7,9,12H,1-4H3. The predicted octanol–water partition coefficient (Wildman–Crippen LogP) is 1.08. The lowest BCUT2D eigenvalue weighted by atomic mass is 10.2. The molecule has 2 unspecified atom stereocenters. The van der Waals surface area contributed by atoms with Crippen molar-refractivity contribution in [1.82, 2.24) is 9.71 Å². The fourth-order valence-electron chi connectivity index (χ4n) is 1.81. The number of hydrogen-bond donors (Lipinski definition) is 1. The van der Waals surface area contributed by atoms with Gasteiger partial charge in [0.05, 0.1) is 23.2 Å². The Bertz CT molecular complexity index is 554. The van der Waals surface area contributed by atoms with E-state index in [1.54, 1.807) is 19.4 Å². The molecule has 2 heterocycles. The Hall–Kier alpha value is -0.580. The van der Waals surface area contributed by atoms with Crippen molar-refractivity contribution >= 4 is 21.6 Å². The Balaban J connectivity index is 2.27. The molecule has 1 aliphatic heterocycles. The summed E-state index contributed by atoms with van der Waals surface area (Å²) < 4.78 is 41.0. The molecule has 1 aromatic heterocycles. The van der Waals surface area contributed by atoms with Crippen molar-refractivity contribution in [3.8, 4) is 0 Å². The van der Waals surface area contributed by atoms with Gasteiger partial charge in [0.2, 0.25) is 0 Å². The molecule has 7 nitrogen and oxygen atoms in total. The zero-order chi connectivity index (χ0) is 14.3. The summed E-state index contributed by atoms with van der Waals surface area (Å²) in [5.41, 5.74) is 2.47. The summed E-state index contributed by atoms with van der Waals surface area (Å²) in [6.07, 6.45) is -1.40. The van der Waals surface area contributed by atoms with Gasteiger partial charge < -0.3 is 9.47 Å². The first-order valence-corrected chi connectivity index (χ1v) is 7.86. The van der Waals surface area contributed by atoms with Gasteiger partial charge in [-0.05, 0) is 20.8 Å². The number of aromatic nitrogens is 1. The van der Waals surface area contributed by atoms with Crippen LogP contribution in [0.2, 0.25) is 0 Å². The van der Waals surface area contributed by atoms with Crippen LogP contribution in [0.4, 0.5) is 0 Å². The third-order valence-corrected chi connectivity index (χ3v) is 4.57. The van der Waals surface area contributed by atoms with Gasteiger partial charge in [-0.2, -0.15) is 13.1 Å². The first-order chi connectivity index (χ1) is 8.74. The van der Waals surface area contributed by atoms with Crippen LogP contribution in [-0.4, -0.2) is 32.5 Å². The molecule has 0 amide bonds. The third-order valence-electron chi connectivity index (χ3n) is 2.62. The first kappa shape index (κ1) is 14.8. The van der Waals surface area contributed by atoms with Gasteiger partial charge in [0, 0.05) is 0 Å². The largest absolute Gasteiger partial charge is 0.337 e. The summed E-state index contributed by atoms with van der Waals surface area (Å²) in [6, 6.07) is 0. The van der Waals surface area contributed by atoms with Gasteiger partial charge >= 0.3 is 10.3 Å². The van der Waals surface area contributed by atoms with Gasteiger partial charge in [0.1, 0.15) is 6.10 Å². The zero-order valence-corrected chi connectivity index (χ0v) is 12.7. The molecule has 1 fully saturated rings. The quantitative estimate of drug-likeness (QED) is 0.895. The van der Waals surface area contributed by atoms with E-state index in [0.29, 0.717) is 0 Å². The molecule has 1 saturated heterocycles. The van der Waals surface area contributed by atoms with Crippen LogP contribution in [0.5, 0.6) is 0 Å². The van der Waals surface area contributed by atoms with Crippen molar-refractivity contribution in [3.05, 3.63) is 16.1 Å². The molecule has 2 atom stereocenters. The smallest absolute Gasteiger partial charge is 0.337 e. The zero-order valence-electron chi connectivity index (χ0n) is 11.0. The molecule has 1 N–H and O–H groups in total. The maximum Gasteiger partial charge on any atom is 0.337 e. The fraction of sp³-hybridized carbons (Fsp3) is 0.700. The highest BCUT2D eigenvalue weighted by Gasteiger charge is 2.45. The lowest BCUT2D eigenvalue weighted by molar-refractivity contribution is -0.147. The van der Waals surface area contributed by atoms with Crippen LogP contribution in [0, 0.1) is 6.92 Å². The number of nitrogens with zero attached hydrogens (tertiary/aromatic N) is 1. The number of hydrogen-bond acceptors (Lipinski definition) is 7. The minimum Gasteiger partial charge on any atom is -0.337 e. The van der Waals surface area contributed by atoms with E-state index in [1.807, 2.05) is 6.92 Å². The molecule has 108 valence electrons. The maximum atomic E-state index is 11.5. The van der Waals surface area contributed by atoms with Crippen molar-refractivity contribution < 1.29 is 22.1 Å². The average molecular weight is 308 g/mol. The summed E-state index contributed by atoms with van der Waals surface area (Å²) in [7, 11) is -2.78. The van der Waals surface area contributed by atoms with Gasteiger partial charge in [-0.25, -0.2) is 4.98 Å². The predicted molar refractivity (Wildman–Crippen MR) is 68.7 cm³/mol. The summed E-state index contributed by atoms with van der Waals surface area (Å²) in [5, 5.41) is 0. The van der Waals surface area contributed by atoms with Crippen molar-refractivity contribution in [2.75, 3.05) is 7.11 Å². The molecule has 0 aromatic carbocycles. The highest BCUT2D eigenvalue weighted by Crippen LogP contribution is 2.39. The van der Waals surface area contributed by atoms with Crippen LogP contribution in [0.3, 0.4) is 0 Å². The lowest BCUT2D eigenvalue weighted by Gasteiger charge is -2.16. The topological polar surface area (TPSA) is 86.8 Å². The van der Waals surface area contributed by atoms with Gasteiger partial charge in [0.25, 0.3) is 0 Å². The van der Waals surface area contributed by atoms with Crippen LogP contribution >= 0.6 is 11.3 Å². The van der Waals surface area contributed by atoms with Crippen molar-refractivity contribution in [1.29, 1.82) is 0 Å². The number of thiazole rings is 1. The van der Waals surface area contributed by atoms with Crippen LogP contribution in [-0.2, 0) is 24.0 Å². The summed E-state index contributed by atoms with van der Waals surface area (Å²) in [6.45, 7) is 5.28. The maximum absolute atomic E-state index is 11.5.